The van der Waals surface area contributed by atoms with Gasteiger partial charge in [0, 0.05) is 0 Å². The molecule has 3 aromatic rings. The summed E-state index contributed by atoms with van der Waals surface area (Å²) < 4.78 is 0. The van der Waals surface area contributed by atoms with E-state index in [1.54, 1.807) is 24.3 Å². The molecule has 0 unspecified atom stereocenters. The minimum atomic E-state index is -0.991. The lowest BCUT2D eigenvalue weighted by Gasteiger charge is -2.32. The molecule has 34 heavy (non-hydrogen) atoms. The molecule has 176 valence electrons. The monoisotopic (exact) mass is 456 g/mol. The largest absolute Gasteiger partial charge is 0.478 e. The van der Waals surface area contributed by atoms with E-state index in [0.717, 1.165) is 42.4 Å². The Morgan fingerprint density at radius 3 is 1.74 bits per heavy atom. The lowest BCUT2D eigenvalue weighted by atomic mass is 9.72. The van der Waals surface area contributed by atoms with Gasteiger partial charge < -0.3 is 10.2 Å². The first-order chi connectivity index (χ1) is 16.1. The zero-order valence-electron chi connectivity index (χ0n) is 20.3. The average Bonchev–Trinajstić information content (AvgIpc) is 3.32. The zero-order chi connectivity index (χ0) is 24.6. The summed E-state index contributed by atoms with van der Waals surface area (Å²) in [6.07, 6.45) is 4.38. The Hall–Kier alpha value is -3.40. The van der Waals surface area contributed by atoms with Crippen molar-refractivity contribution in [3.63, 3.8) is 0 Å². The van der Waals surface area contributed by atoms with Gasteiger partial charge in [0.1, 0.15) is 0 Å². The van der Waals surface area contributed by atoms with Crippen molar-refractivity contribution in [1.29, 1.82) is 0 Å². The van der Waals surface area contributed by atoms with Crippen LogP contribution in [-0.4, -0.2) is 22.2 Å². The summed E-state index contributed by atoms with van der Waals surface area (Å²) in [5.41, 5.74) is 6.63. The Morgan fingerprint density at radius 2 is 1.26 bits per heavy atom. The quantitative estimate of drug-likeness (QED) is 0.413. The predicted molar refractivity (Wildman–Crippen MR) is 136 cm³/mol. The van der Waals surface area contributed by atoms with Crippen molar-refractivity contribution in [3.05, 3.63) is 82.4 Å². The molecule has 0 amide bonds. The fourth-order valence-corrected chi connectivity index (χ4v) is 5.49. The van der Waals surface area contributed by atoms with Gasteiger partial charge in [-0.3, -0.25) is 0 Å². The molecule has 0 heterocycles. The van der Waals surface area contributed by atoms with E-state index in [1.807, 2.05) is 31.2 Å². The predicted octanol–water partition coefficient (Wildman–Crippen LogP) is 7.68. The zero-order valence-corrected chi connectivity index (χ0v) is 20.3. The van der Waals surface area contributed by atoms with Crippen LogP contribution < -0.4 is 0 Å². The molecule has 0 aliphatic heterocycles. The molecule has 2 N–H and O–H groups in total. The van der Waals surface area contributed by atoms with Crippen molar-refractivity contribution < 1.29 is 19.8 Å². The van der Waals surface area contributed by atoms with Crippen LogP contribution in [0.3, 0.4) is 0 Å². The standard InChI is InChI=1S/C30H32O4/c1-18-17-24(30(2,3)4)26(19-11-5-6-12-19)27(21-14-8-10-16-23(21)29(33)34)25(18)20-13-7-9-15-22(20)28(31)32/h7-10,13-17,19H,5-6,11-12H2,1-4H3,(H,31,32)(H,33,34). The highest BCUT2D eigenvalue weighted by atomic mass is 16.4. The Balaban J connectivity index is 2.23. The van der Waals surface area contributed by atoms with Crippen LogP contribution in [0.15, 0.2) is 54.6 Å². The number of carboxylic acid groups (broad SMARTS) is 2. The summed E-state index contributed by atoms with van der Waals surface area (Å²) in [5.74, 6) is -1.67. The molecule has 4 nitrogen and oxygen atoms in total. The van der Waals surface area contributed by atoms with E-state index >= 15 is 0 Å². The van der Waals surface area contributed by atoms with Crippen LogP contribution in [0.4, 0.5) is 0 Å². The smallest absolute Gasteiger partial charge is 0.336 e. The van der Waals surface area contributed by atoms with Crippen molar-refractivity contribution in [2.45, 2.75) is 64.7 Å². The van der Waals surface area contributed by atoms with Crippen LogP contribution in [0.1, 0.15) is 89.8 Å². The maximum atomic E-state index is 12.3. The molecule has 0 atom stereocenters. The highest BCUT2D eigenvalue weighted by molar-refractivity contribution is 6.04. The van der Waals surface area contributed by atoms with Crippen molar-refractivity contribution >= 4 is 11.9 Å². The third-order valence-electron chi connectivity index (χ3n) is 6.99. The molecule has 0 bridgehead atoms. The first kappa shape index (κ1) is 23.7. The van der Waals surface area contributed by atoms with E-state index in [1.165, 1.54) is 11.1 Å². The number of rotatable bonds is 5. The first-order valence-electron chi connectivity index (χ1n) is 11.9. The second-order valence-electron chi connectivity index (χ2n) is 10.3. The molecular formula is C30H32O4. The Labute approximate surface area is 201 Å². The summed E-state index contributed by atoms with van der Waals surface area (Å²) in [7, 11) is 0. The van der Waals surface area contributed by atoms with Crippen LogP contribution in [0, 0.1) is 6.92 Å². The molecule has 3 aromatic carbocycles. The molecule has 0 aromatic heterocycles. The molecule has 0 saturated heterocycles. The molecule has 1 aliphatic rings. The second-order valence-corrected chi connectivity index (χ2v) is 10.3. The topological polar surface area (TPSA) is 74.6 Å². The van der Waals surface area contributed by atoms with Gasteiger partial charge in [0.05, 0.1) is 11.1 Å². The van der Waals surface area contributed by atoms with E-state index in [9.17, 15) is 19.8 Å². The third kappa shape index (κ3) is 4.25. The van der Waals surface area contributed by atoms with Gasteiger partial charge in [0.25, 0.3) is 0 Å². The van der Waals surface area contributed by atoms with E-state index < -0.39 is 11.9 Å². The van der Waals surface area contributed by atoms with Gasteiger partial charge in [-0.05, 0) is 82.2 Å². The summed E-state index contributed by atoms with van der Waals surface area (Å²) in [4.78, 5) is 24.5. The van der Waals surface area contributed by atoms with Crippen LogP contribution in [0.25, 0.3) is 22.3 Å². The maximum Gasteiger partial charge on any atom is 0.336 e. The van der Waals surface area contributed by atoms with Gasteiger partial charge in [-0.1, -0.05) is 76.1 Å². The van der Waals surface area contributed by atoms with Gasteiger partial charge in [-0.15, -0.1) is 0 Å². The van der Waals surface area contributed by atoms with Crippen molar-refractivity contribution in [1.82, 2.24) is 0 Å². The molecule has 1 fully saturated rings. The fourth-order valence-electron chi connectivity index (χ4n) is 5.49. The van der Waals surface area contributed by atoms with E-state index in [4.69, 9.17) is 0 Å². The second kappa shape index (κ2) is 9.09. The van der Waals surface area contributed by atoms with Crippen LogP contribution in [0.2, 0.25) is 0 Å². The van der Waals surface area contributed by atoms with Gasteiger partial charge in [-0.25, -0.2) is 9.59 Å². The summed E-state index contributed by atoms with van der Waals surface area (Å²) in [6, 6.07) is 16.4. The molecule has 1 saturated carbocycles. The molecule has 4 rings (SSSR count). The van der Waals surface area contributed by atoms with E-state index in [-0.39, 0.29) is 16.5 Å². The Morgan fingerprint density at radius 1 is 0.794 bits per heavy atom. The molecule has 4 heteroatoms. The number of carboxylic acids is 2. The average molecular weight is 457 g/mol. The van der Waals surface area contributed by atoms with Crippen LogP contribution in [-0.2, 0) is 5.41 Å². The Bertz CT molecular complexity index is 1260. The molecule has 0 radical (unpaired) electrons. The summed E-state index contributed by atoms with van der Waals surface area (Å²) in [6.45, 7) is 8.59. The fraction of sp³-hybridized carbons (Fsp3) is 0.333. The number of aryl methyl sites for hydroxylation is 1. The number of carbonyl (C=O) groups is 2. The molecule has 0 spiro atoms. The van der Waals surface area contributed by atoms with Gasteiger partial charge in [-0.2, -0.15) is 0 Å². The van der Waals surface area contributed by atoms with Crippen molar-refractivity contribution in [2.75, 3.05) is 0 Å². The summed E-state index contributed by atoms with van der Waals surface area (Å²) >= 11 is 0. The van der Waals surface area contributed by atoms with Crippen LogP contribution >= 0.6 is 0 Å². The normalized spacial score (nSPS) is 14.4. The maximum absolute atomic E-state index is 12.3. The first-order valence-corrected chi connectivity index (χ1v) is 11.9. The van der Waals surface area contributed by atoms with Crippen molar-refractivity contribution in [2.24, 2.45) is 0 Å². The SMILES string of the molecule is Cc1cc(C(C)(C)C)c(C2CCCC2)c(-c2ccccc2C(=O)O)c1-c1ccccc1C(=O)O. The number of hydrogen-bond acceptors (Lipinski definition) is 2. The van der Waals surface area contributed by atoms with E-state index in [0.29, 0.717) is 17.0 Å². The van der Waals surface area contributed by atoms with E-state index in [2.05, 4.69) is 26.8 Å². The number of aromatic carboxylic acids is 2. The minimum absolute atomic E-state index is 0.152. The van der Waals surface area contributed by atoms with Crippen molar-refractivity contribution in [3.8, 4) is 22.3 Å². The lowest BCUT2D eigenvalue weighted by molar-refractivity contribution is 0.0686. The minimum Gasteiger partial charge on any atom is -0.478 e. The number of hydrogen-bond donors (Lipinski definition) is 2. The lowest BCUT2D eigenvalue weighted by Crippen LogP contribution is -2.18. The molecule has 1 aliphatic carbocycles. The third-order valence-corrected chi connectivity index (χ3v) is 6.99. The summed E-state index contributed by atoms with van der Waals surface area (Å²) in [5, 5.41) is 20.1. The highest BCUT2D eigenvalue weighted by Gasteiger charge is 2.33. The highest BCUT2D eigenvalue weighted by Crippen LogP contribution is 2.50. The van der Waals surface area contributed by atoms with Crippen LogP contribution in [0.5, 0.6) is 0 Å². The Kier molecular flexibility index (Phi) is 6.35. The van der Waals surface area contributed by atoms with Gasteiger partial charge >= 0.3 is 11.9 Å². The number of benzene rings is 3. The van der Waals surface area contributed by atoms with Gasteiger partial charge in [0.2, 0.25) is 0 Å². The molecular weight excluding hydrogens is 424 g/mol. The van der Waals surface area contributed by atoms with Gasteiger partial charge in [0.15, 0.2) is 0 Å².